The zero-order valence-corrected chi connectivity index (χ0v) is 8.40. The predicted molar refractivity (Wildman–Crippen MR) is 50.6 cm³/mol. The molecule has 0 aromatic carbocycles. The Labute approximate surface area is 83.6 Å². The monoisotopic (exact) mass is 199 g/mol. The molecule has 1 heterocycles. The molecule has 0 radical (unpaired) electrons. The molecular formula is C10H17NO3. The fourth-order valence-electron chi connectivity index (χ4n) is 2.68. The normalized spacial score (nSPS) is 41.0. The molecule has 4 nitrogen and oxygen atoms in total. The quantitative estimate of drug-likeness (QED) is 0.610. The first-order chi connectivity index (χ1) is 6.74. The standard InChI is InChI=1S/C10H17NO3/c1-2-14-10(13)9-6-3-4-8(12)7(6)5-11-9/h6-9,11-12H,2-5H2,1H3. The van der Waals surface area contributed by atoms with Crippen molar-refractivity contribution in [3.63, 3.8) is 0 Å². The Hall–Kier alpha value is -0.610. The van der Waals surface area contributed by atoms with Gasteiger partial charge in [0.1, 0.15) is 6.04 Å². The lowest BCUT2D eigenvalue weighted by Crippen LogP contribution is -2.37. The molecule has 80 valence electrons. The van der Waals surface area contributed by atoms with Crippen molar-refractivity contribution in [1.29, 1.82) is 0 Å². The molecule has 4 heteroatoms. The summed E-state index contributed by atoms with van der Waals surface area (Å²) in [4.78, 5) is 11.5. The second-order valence-electron chi connectivity index (χ2n) is 4.11. The molecule has 0 bridgehead atoms. The van der Waals surface area contributed by atoms with Gasteiger partial charge in [0.15, 0.2) is 0 Å². The fraction of sp³-hybridized carbons (Fsp3) is 0.900. The number of aliphatic hydroxyl groups is 1. The molecule has 0 spiro atoms. The molecule has 1 saturated carbocycles. The smallest absolute Gasteiger partial charge is 0.323 e. The molecule has 2 rings (SSSR count). The van der Waals surface area contributed by atoms with Gasteiger partial charge in [-0.2, -0.15) is 0 Å². The van der Waals surface area contributed by atoms with Crippen LogP contribution in [0.2, 0.25) is 0 Å². The van der Waals surface area contributed by atoms with Crippen molar-refractivity contribution in [1.82, 2.24) is 5.32 Å². The van der Waals surface area contributed by atoms with E-state index in [0.717, 1.165) is 19.4 Å². The Bertz CT molecular complexity index is 231. The number of carbonyl (C=O) groups excluding carboxylic acids is 1. The molecule has 0 amide bonds. The maximum Gasteiger partial charge on any atom is 0.323 e. The van der Waals surface area contributed by atoms with Crippen LogP contribution in [0.15, 0.2) is 0 Å². The summed E-state index contributed by atoms with van der Waals surface area (Å²) in [5, 5.41) is 12.8. The summed E-state index contributed by atoms with van der Waals surface area (Å²) >= 11 is 0. The van der Waals surface area contributed by atoms with Gasteiger partial charge in [0, 0.05) is 12.5 Å². The lowest BCUT2D eigenvalue weighted by molar-refractivity contribution is -0.146. The molecule has 1 aliphatic heterocycles. The molecule has 4 unspecified atom stereocenters. The number of nitrogens with one attached hydrogen (secondary N) is 1. The lowest BCUT2D eigenvalue weighted by Gasteiger charge is -2.16. The minimum atomic E-state index is -0.230. The molecule has 2 N–H and O–H groups in total. The number of aliphatic hydroxyl groups excluding tert-OH is 1. The Morgan fingerprint density at radius 1 is 1.50 bits per heavy atom. The van der Waals surface area contributed by atoms with Gasteiger partial charge in [-0.1, -0.05) is 0 Å². The van der Waals surface area contributed by atoms with E-state index in [4.69, 9.17) is 4.74 Å². The molecular weight excluding hydrogens is 182 g/mol. The van der Waals surface area contributed by atoms with Gasteiger partial charge in [-0.15, -0.1) is 0 Å². The first-order valence-electron chi connectivity index (χ1n) is 5.32. The average Bonchev–Trinajstić information content (AvgIpc) is 2.69. The van der Waals surface area contributed by atoms with Crippen LogP contribution in [0.4, 0.5) is 0 Å². The number of fused-ring (bicyclic) bond motifs is 1. The predicted octanol–water partition coefficient (Wildman–Crippen LogP) is -0.0916. The van der Waals surface area contributed by atoms with E-state index in [2.05, 4.69) is 5.32 Å². The number of ether oxygens (including phenoxy) is 1. The third-order valence-corrected chi connectivity index (χ3v) is 3.38. The highest BCUT2D eigenvalue weighted by molar-refractivity contribution is 5.76. The van der Waals surface area contributed by atoms with E-state index in [1.165, 1.54) is 0 Å². The maximum atomic E-state index is 11.5. The van der Waals surface area contributed by atoms with Crippen molar-refractivity contribution in [2.75, 3.05) is 13.2 Å². The molecule has 4 atom stereocenters. The number of carbonyl (C=O) groups is 1. The summed E-state index contributed by atoms with van der Waals surface area (Å²) in [6, 6.07) is -0.183. The Balaban J connectivity index is 1.99. The van der Waals surface area contributed by atoms with Crippen LogP contribution >= 0.6 is 0 Å². The second-order valence-corrected chi connectivity index (χ2v) is 4.11. The molecule has 1 aliphatic carbocycles. The van der Waals surface area contributed by atoms with Gasteiger partial charge in [0.05, 0.1) is 12.7 Å². The highest BCUT2D eigenvalue weighted by Crippen LogP contribution is 2.38. The molecule has 2 fully saturated rings. The van der Waals surface area contributed by atoms with Crippen LogP contribution in [0.1, 0.15) is 19.8 Å². The maximum absolute atomic E-state index is 11.5. The van der Waals surface area contributed by atoms with Gasteiger partial charge < -0.3 is 15.2 Å². The molecule has 2 aliphatic rings. The fourth-order valence-corrected chi connectivity index (χ4v) is 2.68. The van der Waals surface area contributed by atoms with E-state index in [1.807, 2.05) is 6.92 Å². The van der Waals surface area contributed by atoms with E-state index in [1.54, 1.807) is 0 Å². The van der Waals surface area contributed by atoms with Crippen molar-refractivity contribution in [2.45, 2.75) is 31.9 Å². The number of hydrogen-bond acceptors (Lipinski definition) is 4. The topological polar surface area (TPSA) is 58.6 Å². The van der Waals surface area contributed by atoms with Crippen LogP contribution in [0.3, 0.4) is 0 Å². The van der Waals surface area contributed by atoms with E-state index in [-0.39, 0.29) is 30.0 Å². The van der Waals surface area contributed by atoms with Gasteiger partial charge in [-0.05, 0) is 25.7 Å². The van der Waals surface area contributed by atoms with Gasteiger partial charge in [0.25, 0.3) is 0 Å². The number of rotatable bonds is 2. The summed E-state index contributed by atoms with van der Waals surface area (Å²) < 4.78 is 4.99. The molecule has 14 heavy (non-hydrogen) atoms. The summed E-state index contributed by atoms with van der Waals surface area (Å²) in [7, 11) is 0. The van der Waals surface area contributed by atoms with Gasteiger partial charge in [0.2, 0.25) is 0 Å². The first-order valence-corrected chi connectivity index (χ1v) is 5.32. The zero-order chi connectivity index (χ0) is 10.1. The van der Waals surface area contributed by atoms with Gasteiger partial charge >= 0.3 is 5.97 Å². The van der Waals surface area contributed by atoms with Crippen molar-refractivity contribution in [2.24, 2.45) is 11.8 Å². The van der Waals surface area contributed by atoms with Gasteiger partial charge in [-0.25, -0.2) is 0 Å². The minimum Gasteiger partial charge on any atom is -0.465 e. The average molecular weight is 199 g/mol. The largest absolute Gasteiger partial charge is 0.465 e. The molecule has 0 aromatic rings. The van der Waals surface area contributed by atoms with Crippen LogP contribution in [-0.4, -0.2) is 36.4 Å². The van der Waals surface area contributed by atoms with Crippen LogP contribution in [0.25, 0.3) is 0 Å². The Kier molecular flexibility index (Phi) is 2.74. The van der Waals surface area contributed by atoms with Crippen molar-refractivity contribution in [3.8, 4) is 0 Å². The third kappa shape index (κ3) is 1.53. The van der Waals surface area contributed by atoms with Crippen LogP contribution in [-0.2, 0) is 9.53 Å². The Morgan fingerprint density at radius 2 is 2.29 bits per heavy atom. The molecule has 1 saturated heterocycles. The number of esters is 1. The SMILES string of the molecule is CCOC(=O)C1NCC2C(O)CCC12. The minimum absolute atomic E-state index is 0.158. The summed E-state index contributed by atoms with van der Waals surface area (Å²) in [5.74, 6) is 0.377. The van der Waals surface area contributed by atoms with E-state index >= 15 is 0 Å². The number of hydrogen-bond donors (Lipinski definition) is 2. The highest BCUT2D eigenvalue weighted by Gasteiger charge is 2.47. The van der Waals surface area contributed by atoms with E-state index < -0.39 is 0 Å². The van der Waals surface area contributed by atoms with Crippen LogP contribution < -0.4 is 5.32 Å². The lowest BCUT2D eigenvalue weighted by atomic mass is 9.93. The second kappa shape index (κ2) is 3.87. The van der Waals surface area contributed by atoms with Crippen LogP contribution in [0.5, 0.6) is 0 Å². The van der Waals surface area contributed by atoms with Crippen molar-refractivity contribution < 1.29 is 14.6 Å². The first kappa shape index (κ1) is 9.93. The van der Waals surface area contributed by atoms with E-state index in [0.29, 0.717) is 6.61 Å². The highest BCUT2D eigenvalue weighted by atomic mass is 16.5. The van der Waals surface area contributed by atoms with Crippen LogP contribution in [0, 0.1) is 11.8 Å². The van der Waals surface area contributed by atoms with Gasteiger partial charge in [-0.3, -0.25) is 4.79 Å². The summed E-state index contributed by atoms with van der Waals surface area (Å²) in [5.41, 5.74) is 0. The summed E-state index contributed by atoms with van der Waals surface area (Å²) in [6.45, 7) is 2.99. The van der Waals surface area contributed by atoms with Crippen molar-refractivity contribution in [3.05, 3.63) is 0 Å². The molecule has 0 aromatic heterocycles. The Morgan fingerprint density at radius 3 is 3.00 bits per heavy atom. The third-order valence-electron chi connectivity index (χ3n) is 3.38. The zero-order valence-electron chi connectivity index (χ0n) is 8.40. The van der Waals surface area contributed by atoms with E-state index in [9.17, 15) is 9.90 Å². The van der Waals surface area contributed by atoms with Crippen molar-refractivity contribution >= 4 is 5.97 Å². The summed E-state index contributed by atoms with van der Waals surface area (Å²) in [6.07, 6.45) is 1.53.